The van der Waals surface area contributed by atoms with Gasteiger partial charge in [-0.1, -0.05) is 11.6 Å². The van der Waals surface area contributed by atoms with E-state index in [1.165, 1.54) is 11.0 Å². The van der Waals surface area contributed by atoms with Crippen molar-refractivity contribution in [1.29, 1.82) is 0 Å². The molecular formula is C19H19ClFN5O3. The first-order valence-electron chi connectivity index (χ1n) is 8.86. The van der Waals surface area contributed by atoms with Crippen LogP contribution in [0.2, 0.25) is 5.02 Å². The molecule has 29 heavy (non-hydrogen) atoms. The van der Waals surface area contributed by atoms with Crippen LogP contribution in [0.25, 0.3) is 5.69 Å². The number of halogens is 2. The van der Waals surface area contributed by atoms with Gasteiger partial charge in [0.15, 0.2) is 5.82 Å². The molecule has 0 fully saturated rings. The molecule has 2 N–H and O–H groups in total. The van der Waals surface area contributed by atoms with Crippen LogP contribution in [0.3, 0.4) is 0 Å². The van der Waals surface area contributed by atoms with E-state index in [0.29, 0.717) is 30.2 Å². The molecular weight excluding hydrogens is 401 g/mol. The number of hydrogen-bond donors (Lipinski definition) is 1. The van der Waals surface area contributed by atoms with Crippen molar-refractivity contribution in [2.24, 2.45) is 5.73 Å². The molecule has 0 radical (unpaired) electrons. The van der Waals surface area contributed by atoms with E-state index in [1.54, 1.807) is 37.4 Å². The monoisotopic (exact) mass is 419 g/mol. The molecule has 0 aliphatic carbocycles. The number of pyridine rings is 1. The van der Waals surface area contributed by atoms with Crippen LogP contribution in [0.4, 0.5) is 4.39 Å². The van der Waals surface area contributed by atoms with Crippen molar-refractivity contribution in [2.75, 3.05) is 6.61 Å². The van der Waals surface area contributed by atoms with Gasteiger partial charge in [0, 0.05) is 18.7 Å². The minimum Gasteiger partial charge on any atom is -0.466 e. The summed E-state index contributed by atoms with van der Waals surface area (Å²) in [4.78, 5) is 16.7. The number of ether oxygens (including phenoxy) is 2. The predicted octanol–water partition coefficient (Wildman–Crippen LogP) is 3.07. The zero-order chi connectivity index (χ0) is 20.8. The molecule has 0 spiro atoms. The van der Waals surface area contributed by atoms with E-state index in [2.05, 4.69) is 15.2 Å². The predicted molar refractivity (Wildman–Crippen MR) is 104 cm³/mol. The number of aromatic nitrogens is 4. The average molecular weight is 420 g/mol. The van der Waals surface area contributed by atoms with Gasteiger partial charge in [-0.15, -0.1) is 0 Å². The van der Waals surface area contributed by atoms with Gasteiger partial charge in [0.2, 0.25) is 0 Å². The van der Waals surface area contributed by atoms with Crippen LogP contribution in [0.1, 0.15) is 19.0 Å². The molecule has 1 aromatic carbocycles. The van der Waals surface area contributed by atoms with Crippen molar-refractivity contribution in [2.45, 2.75) is 25.8 Å². The van der Waals surface area contributed by atoms with E-state index in [1.807, 2.05) is 0 Å². The summed E-state index contributed by atoms with van der Waals surface area (Å²) in [6, 6.07) is 7.43. The largest absolute Gasteiger partial charge is 0.466 e. The molecule has 1 atom stereocenters. The summed E-state index contributed by atoms with van der Waals surface area (Å²) in [7, 11) is 0. The topological polar surface area (TPSA) is 105 Å². The van der Waals surface area contributed by atoms with E-state index in [9.17, 15) is 9.18 Å². The summed E-state index contributed by atoms with van der Waals surface area (Å²) in [5, 5.41) is 8.74. The Morgan fingerprint density at radius 3 is 2.76 bits per heavy atom. The van der Waals surface area contributed by atoms with Crippen LogP contribution in [0, 0.1) is 5.82 Å². The fourth-order valence-corrected chi connectivity index (χ4v) is 2.67. The summed E-state index contributed by atoms with van der Waals surface area (Å²) < 4.78 is 24.1. The van der Waals surface area contributed by atoms with Crippen molar-refractivity contribution < 1.29 is 18.7 Å². The van der Waals surface area contributed by atoms with Gasteiger partial charge in [-0.25, -0.2) is 9.37 Å². The minimum absolute atomic E-state index is 0.113. The lowest BCUT2D eigenvalue weighted by Gasteiger charge is -2.08. The van der Waals surface area contributed by atoms with Gasteiger partial charge in [0.05, 0.1) is 35.6 Å². The van der Waals surface area contributed by atoms with Gasteiger partial charge in [-0.2, -0.15) is 15.0 Å². The number of rotatable bonds is 8. The van der Waals surface area contributed by atoms with Crippen LogP contribution in [-0.2, 0) is 16.0 Å². The number of esters is 1. The number of hydrogen-bond acceptors (Lipinski definition) is 7. The number of nitrogens with zero attached hydrogens (tertiary/aromatic N) is 4. The quantitative estimate of drug-likeness (QED) is 0.559. The Kier molecular flexibility index (Phi) is 6.73. The Morgan fingerprint density at radius 1 is 1.31 bits per heavy atom. The third-order valence-corrected chi connectivity index (χ3v) is 4.01. The fourth-order valence-electron chi connectivity index (χ4n) is 2.52. The van der Waals surface area contributed by atoms with Crippen LogP contribution in [-0.4, -0.2) is 38.6 Å². The second kappa shape index (κ2) is 9.44. The van der Waals surface area contributed by atoms with E-state index in [4.69, 9.17) is 26.8 Å². The first kappa shape index (κ1) is 20.7. The molecule has 2 aromatic heterocycles. The number of carbonyl (C=O) groups excluding carboxylic acids is 1. The molecule has 2 heterocycles. The van der Waals surface area contributed by atoms with Gasteiger partial charge in [0.1, 0.15) is 5.75 Å². The normalized spacial score (nSPS) is 11.9. The molecule has 0 saturated carbocycles. The maximum atomic E-state index is 13.8. The fraction of sp³-hybridized carbons (Fsp3) is 0.263. The van der Waals surface area contributed by atoms with Crippen molar-refractivity contribution in [3.63, 3.8) is 0 Å². The maximum absolute atomic E-state index is 13.8. The Labute approximate surface area is 171 Å². The Morgan fingerprint density at radius 2 is 2.07 bits per heavy atom. The lowest BCUT2D eigenvalue weighted by Crippen LogP contribution is -2.27. The second-order valence-corrected chi connectivity index (χ2v) is 6.57. The van der Waals surface area contributed by atoms with Crippen molar-refractivity contribution >= 4 is 17.6 Å². The maximum Gasteiger partial charge on any atom is 0.307 e. The van der Waals surface area contributed by atoms with Gasteiger partial charge >= 0.3 is 5.97 Å². The average Bonchev–Trinajstić information content (AvgIpc) is 3.13. The minimum atomic E-state index is -0.654. The summed E-state index contributed by atoms with van der Waals surface area (Å²) in [6.45, 7) is 2.07. The third-order valence-electron chi connectivity index (χ3n) is 3.80. The molecule has 0 amide bonds. The Hall–Kier alpha value is -3.04. The number of benzene rings is 1. The summed E-state index contributed by atoms with van der Waals surface area (Å²) in [5.74, 6) is -0.766. The molecule has 10 heteroatoms. The van der Waals surface area contributed by atoms with Crippen LogP contribution < -0.4 is 10.5 Å². The van der Waals surface area contributed by atoms with Gasteiger partial charge in [-0.05, 0) is 37.3 Å². The van der Waals surface area contributed by atoms with Crippen molar-refractivity contribution in [3.05, 3.63) is 59.3 Å². The van der Waals surface area contributed by atoms with Crippen molar-refractivity contribution in [3.8, 4) is 17.3 Å². The molecule has 0 bridgehead atoms. The Balaban J connectivity index is 1.62. The SMILES string of the molecule is CCOC(=O)CC(N)Cc1cnn(-c2ccc(Oc3ncc(Cl)cc3F)cc2)n1. The van der Waals surface area contributed by atoms with Gasteiger partial charge in [0.25, 0.3) is 5.88 Å². The molecule has 152 valence electrons. The highest BCUT2D eigenvalue weighted by atomic mass is 35.5. The molecule has 0 saturated heterocycles. The zero-order valence-electron chi connectivity index (χ0n) is 15.6. The zero-order valence-corrected chi connectivity index (χ0v) is 16.3. The number of nitrogens with two attached hydrogens (primary N) is 1. The van der Waals surface area contributed by atoms with E-state index < -0.39 is 11.9 Å². The van der Waals surface area contributed by atoms with Crippen LogP contribution in [0.5, 0.6) is 11.6 Å². The lowest BCUT2D eigenvalue weighted by molar-refractivity contribution is -0.143. The summed E-state index contributed by atoms with van der Waals surface area (Å²) >= 11 is 5.68. The lowest BCUT2D eigenvalue weighted by atomic mass is 10.1. The highest BCUT2D eigenvalue weighted by Gasteiger charge is 2.14. The molecule has 3 aromatic rings. The molecule has 8 nitrogen and oxygen atoms in total. The first-order valence-corrected chi connectivity index (χ1v) is 9.24. The van der Waals surface area contributed by atoms with E-state index in [-0.39, 0.29) is 23.3 Å². The molecule has 0 aliphatic rings. The van der Waals surface area contributed by atoms with E-state index >= 15 is 0 Å². The standard InChI is InChI=1S/C19H19ClFN5O3/c1-2-28-18(27)9-13(22)8-14-11-24-26(25-14)15-3-5-16(6-4-15)29-19-17(21)7-12(20)10-23-19/h3-7,10-11,13H,2,8-9,22H2,1H3. The number of carbonyl (C=O) groups is 1. The first-order chi connectivity index (χ1) is 13.9. The van der Waals surface area contributed by atoms with Crippen LogP contribution in [0.15, 0.2) is 42.7 Å². The van der Waals surface area contributed by atoms with Gasteiger partial charge < -0.3 is 15.2 Å². The molecule has 3 rings (SSSR count). The second-order valence-electron chi connectivity index (χ2n) is 6.14. The summed E-state index contributed by atoms with van der Waals surface area (Å²) in [5.41, 5.74) is 7.28. The van der Waals surface area contributed by atoms with Crippen LogP contribution >= 0.6 is 11.6 Å². The smallest absolute Gasteiger partial charge is 0.307 e. The molecule has 1 unspecified atom stereocenters. The molecule has 0 aliphatic heterocycles. The third kappa shape index (κ3) is 5.72. The van der Waals surface area contributed by atoms with Crippen molar-refractivity contribution in [1.82, 2.24) is 20.0 Å². The highest BCUT2D eigenvalue weighted by Crippen LogP contribution is 2.24. The highest BCUT2D eigenvalue weighted by molar-refractivity contribution is 6.30. The summed E-state index contributed by atoms with van der Waals surface area (Å²) in [6.07, 6.45) is 3.39. The van der Waals surface area contributed by atoms with E-state index in [0.717, 1.165) is 6.07 Å². The Bertz CT molecular complexity index is 980. The van der Waals surface area contributed by atoms with Gasteiger partial charge in [-0.3, -0.25) is 4.79 Å².